The van der Waals surface area contributed by atoms with Gasteiger partial charge in [0.05, 0.1) is 18.9 Å². The average Bonchev–Trinajstić information content (AvgIpc) is 3.41. The lowest BCUT2D eigenvalue weighted by Crippen LogP contribution is -2.42. The molecule has 4 heterocycles. The number of fused-ring (bicyclic) bond motifs is 3. The third kappa shape index (κ3) is 4.01. The second-order valence-corrected chi connectivity index (χ2v) is 8.57. The molecule has 4 amide bonds. The first kappa shape index (κ1) is 21.0. The van der Waals surface area contributed by atoms with Crippen molar-refractivity contribution in [3.05, 3.63) is 41.4 Å². The van der Waals surface area contributed by atoms with Gasteiger partial charge in [0.2, 0.25) is 0 Å². The van der Waals surface area contributed by atoms with Crippen molar-refractivity contribution in [2.45, 2.75) is 39.4 Å². The topological polar surface area (TPSA) is 113 Å². The van der Waals surface area contributed by atoms with E-state index in [0.29, 0.717) is 25.4 Å². The Balaban J connectivity index is 1.57. The van der Waals surface area contributed by atoms with Crippen LogP contribution in [0.5, 0.6) is 0 Å². The molecule has 2 aromatic heterocycles. The van der Waals surface area contributed by atoms with Crippen LogP contribution >= 0.6 is 0 Å². The van der Waals surface area contributed by atoms with E-state index in [4.69, 9.17) is 4.42 Å². The molecule has 0 aromatic carbocycles. The number of rotatable bonds is 4. The first-order valence-electron chi connectivity index (χ1n) is 10.5. The van der Waals surface area contributed by atoms with E-state index >= 15 is 0 Å². The fourth-order valence-electron chi connectivity index (χ4n) is 4.29. The Hall–Kier alpha value is -3.30. The van der Waals surface area contributed by atoms with Crippen LogP contribution in [0.15, 0.2) is 22.9 Å². The van der Waals surface area contributed by atoms with Gasteiger partial charge in [-0.25, -0.2) is 9.78 Å². The van der Waals surface area contributed by atoms with Crippen LogP contribution in [0.4, 0.5) is 4.79 Å². The van der Waals surface area contributed by atoms with Gasteiger partial charge in [0.25, 0.3) is 11.8 Å². The van der Waals surface area contributed by atoms with Gasteiger partial charge in [-0.2, -0.15) is 0 Å². The summed E-state index contributed by atoms with van der Waals surface area (Å²) in [6.07, 6.45) is 1.54. The molecule has 2 atom stereocenters. The summed E-state index contributed by atoms with van der Waals surface area (Å²) in [4.78, 5) is 46.1. The van der Waals surface area contributed by atoms with Crippen LogP contribution in [-0.4, -0.2) is 69.9 Å². The van der Waals surface area contributed by atoms with Gasteiger partial charge in [-0.15, -0.1) is 0 Å². The highest BCUT2D eigenvalue weighted by Crippen LogP contribution is 2.33. The summed E-state index contributed by atoms with van der Waals surface area (Å²) in [7, 11) is 1.71. The standard InChI is InChI=1S/C21H28N6O4/c1-12(2)24-21(30)26-9-14-8-25(4)20(29)18-17(23-11-27(18)16(14)10-26)19(28)22-7-15-6-5-13(3)31-15/h5-6,11-12,14,16H,7-10H2,1-4H3,(H,22,28)(H,24,30)/t14-,16+/m0/s1. The molecule has 0 unspecified atom stereocenters. The number of furan rings is 1. The van der Waals surface area contributed by atoms with Gasteiger partial charge >= 0.3 is 6.03 Å². The summed E-state index contributed by atoms with van der Waals surface area (Å²) < 4.78 is 7.25. The van der Waals surface area contributed by atoms with E-state index in [1.54, 1.807) is 33.8 Å². The number of hydrogen-bond acceptors (Lipinski definition) is 5. The third-order valence-corrected chi connectivity index (χ3v) is 5.75. The number of urea groups is 1. The molecular formula is C21H28N6O4. The molecule has 2 aliphatic heterocycles. The Labute approximate surface area is 180 Å². The number of aromatic nitrogens is 2. The van der Waals surface area contributed by atoms with Crippen LogP contribution in [0.3, 0.4) is 0 Å². The highest BCUT2D eigenvalue weighted by atomic mass is 16.3. The maximum atomic E-state index is 13.1. The van der Waals surface area contributed by atoms with Crippen LogP contribution in [0, 0.1) is 12.8 Å². The summed E-state index contributed by atoms with van der Waals surface area (Å²) in [5.74, 6) is 0.765. The van der Waals surface area contributed by atoms with Crippen LogP contribution in [0.25, 0.3) is 0 Å². The molecule has 2 aliphatic rings. The monoisotopic (exact) mass is 428 g/mol. The SMILES string of the molecule is Cc1ccc(CNC(=O)c2ncn3c2C(=O)N(C)C[C@H]2CN(C(=O)NC(C)C)C[C@H]23)o1. The molecule has 1 fully saturated rings. The molecule has 10 heteroatoms. The van der Waals surface area contributed by atoms with Crippen molar-refractivity contribution in [3.8, 4) is 0 Å². The Morgan fingerprint density at radius 3 is 2.71 bits per heavy atom. The Morgan fingerprint density at radius 2 is 2.03 bits per heavy atom. The van der Waals surface area contributed by atoms with E-state index in [-0.39, 0.29) is 47.9 Å². The lowest BCUT2D eigenvalue weighted by atomic mass is 10.0. The van der Waals surface area contributed by atoms with Crippen molar-refractivity contribution in [2.24, 2.45) is 5.92 Å². The number of aryl methyl sites for hydroxylation is 1. The molecule has 0 spiro atoms. The van der Waals surface area contributed by atoms with Gasteiger partial charge in [-0.05, 0) is 32.9 Å². The molecule has 31 heavy (non-hydrogen) atoms. The number of amides is 4. The largest absolute Gasteiger partial charge is 0.465 e. The molecule has 0 bridgehead atoms. The highest BCUT2D eigenvalue weighted by Gasteiger charge is 2.43. The molecule has 0 saturated carbocycles. The predicted molar refractivity (Wildman–Crippen MR) is 112 cm³/mol. The lowest BCUT2D eigenvalue weighted by Gasteiger charge is -2.21. The number of imidazole rings is 1. The fraction of sp³-hybridized carbons (Fsp3) is 0.524. The molecule has 1 saturated heterocycles. The zero-order valence-corrected chi connectivity index (χ0v) is 18.2. The number of nitrogens with zero attached hydrogens (tertiary/aromatic N) is 4. The van der Waals surface area contributed by atoms with Crippen molar-refractivity contribution in [1.82, 2.24) is 30.0 Å². The summed E-state index contributed by atoms with van der Waals surface area (Å²) in [5, 5.41) is 5.70. The van der Waals surface area contributed by atoms with Gasteiger partial charge in [-0.3, -0.25) is 9.59 Å². The predicted octanol–water partition coefficient (Wildman–Crippen LogP) is 1.39. The van der Waals surface area contributed by atoms with Gasteiger partial charge in [0.15, 0.2) is 5.69 Å². The van der Waals surface area contributed by atoms with Crippen molar-refractivity contribution >= 4 is 17.8 Å². The van der Waals surface area contributed by atoms with Crippen molar-refractivity contribution in [2.75, 3.05) is 26.7 Å². The van der Waals surface area contributed by atoms with Crippen LogP contribution in [0.1, 0.15) is 52.4 Å². The van der Waals surface area contributed by atoms with Crippen LogP contribution < -0.4 is 10.6 Å². The molecule has 0 radical (unpaired) electrons. The quantitative estimate of drug-likeness (QED) is 0.764. The Morgan fingerprint density at radius 1 is 1.26 bits per heavy atom. The number of carbonyl (C=O) groups excluding carboxylic acids is 3. The smallest absolute Gasteiger partial charge is 0.317 e. The van der Waals surface area contributed by atoms with E-state index < -0.39 is 5.91 Å². The highest BCUT2D eigenvalue weighted by molar-refractivity contribution is 6.05. The van der Waals surface area contributed by atoms with E-state index in [1.807, 2.05) is 26.8 Å². The number of nitrogens with one attached hydrogen (secondary N) is 2. The molecule has 2 N–H and O–H groups in total. The van der Waals surface area contributed by atoms with Gasteiger partial charge in [-0.1, -0.05) is 0 Å². The maximum Gasteiger partial charge on any atom is 0.317 e. The van der Waals surface area contributed by atoms with Crippen molar-refractivity contribution < 1.29 is 18.8 Å². The van der Waals surface area contributed by atoms with Gasteiger partial charge in [0.1, 0.15) is 17.2 Å². The van der Waals surface area contributed by atoms with E-state index in [2.05, 4.69) is 15.6 Å². The van der Waals surface area contributed by atoms with E-state index in [9.17, 15) is 14.4 Å². The number of carbonyl (C=O) groups is 3. The zero-order chi connectivity index (χ0) is 22.3. The van der Waals surface area contributed by atoms with Gasteiger partial charge < -0.3 is 29.4 Å². The minimum Gasteiger partial charge on any atom is -0.465 e. The van der Waals surface area contributed by atoms with Gasteiger partial charge in [0, 0.05) is 38.6 Å². The number of hydrogen-bond donors (Lipinski definition) is 2. The maximum absolute atomic E-state index is 13.1. The summed E-state index contributed by atoms with van der Waals surface area (Å²) >= 11 is 0. The molecule has 0 aliphatic carbocycles. The summed E-state index contributed by atoms with van der Waals surface area (Å²) in [5.41, 5.74) is 0.347. The summed E-state index contributed by atoms with van der Waals surface area (Å²) in [6.45, 7) is 7.38. The number of likely N-dealkylation sites (tertiary alicyclic amines) is 1. The second kappa shape index (κ2) is 8.09. The lowest BCUT2D eigenvalue weighted by molar-refractivity contribution is 0.0773. The van der Waals surface area contributed by atoms with E-state index in [1.165, 1.54) is 0 Å². The molecular weight excluding hydrogens is 400 g/mol. The molecule has 2 aromatic rings. The first-order chi connectivity index (χ1) is 14.7. The average molecular weight is 428 g/mol. The minimum absolute atomic E-state index is 0.0409. The van der Waals surface area contributed by atoms with Crippen LogP contribution in [0.2, 0.25) is 0 Å². The minimum atomic E-state index is -0.435. The normalized spacial score (nSPS) is 20.5. The van der Waals surface area contributed by atoms with Crippen molar-refractivity contribution in [1.29, 1.82) is 0 Å². The first-order valence-corrected chi connectivity index (χ1v) is 10.5. The molecule has 4 rings (SSSR count). The Bertz CT molecular complexity index is 1010. The van der Waals surface area contributed by atoms with E-state index in [0.717, 1.165) is 5.76 Å². The van der Waals surface area contributed by atoms with Crippen LogP contribution in [-0.2, 0) is 6.54 Å². The molecule has 166 valence electrons. The molecule has 10 nitrogen and oxygen atoms in total. The third-order valence-electron chi connectivity index (χ3n) is 5.75. The summed E-state index contributed by atoms with van der Waals surface area (Å²) in [6, 6.07) is 3.42. The second-order valence-electron chi connectivity index (χ2n) is 8.57. The fourth-order valence-corrected chi connectivity index (χ4v) is 4.29. The Kier molecular flexibility index (Phi) is 5.47. The zero-order valence-electron chi connectivity index (χ0n) is 18.2. The van der Waals surface area contributed by atoms with Crippen molar-refractivity contribution in [3.63, 3.8) is 0 Å².